The van der Waals surface area contributed by atoms with Crippen molar-refractivity contribution in [2.45, 2.75) is 40.0 Å². The molecule has 0 saturated carbocycles. The Morgan fingerprint density at radius 1 is 1.33 bits per heavy atom. The van der Waals surface area contributed by atoms with Crippen LogP contribution in [-0.2, 0) is 0 Å². The number of nitrogens with zero attached hydrogens (tertiary/aromatic N) is 1. The van der Waals surface area contributed by atoms with Gasteiger partial charge in [0.05, 0.1) is 12.3 Å². The van der Waals surface area contributed by atoms with Crippen molar-refractivity contribution in [1.29, 1.82) is 0 Å². The van der Waals surface area contributed by atoms with E-state index in [0.29, 0.717) is 29.0 Å². The standard InChI is InChI=1S/C17H26N2O2/c1-4-17(5-2)9-10-19(12-17)16(20)13-7-8-15(21-6-3)14(18)11-13/h7-8,11H,4-6,9-10,12,18H2,1-3H3. The van der Waals surface area contributed by atoms with Crippen molar-refractivity contribution in [3.63, 3.8) is 0 Å². The molecule has 0 unspecified atom stereocenters. The lowest BCUT2D eigenvalue weighted by Gasteiger charge is -2.26. The first-order valence-electron chi connectivity index (χ1n) is 7.87. The van der Waals surface area contributed by atoms with Crippen LogP contribution in [0, 0.1) is 5.41 Å². The number of hydrogen-bond acceptors (Lipinski definition) is 3. The average Bonchev–Trinajstić information content (AvgIpc) is 2.94. The molecule has 1 heterocycles. The van der Waals surface area contributed by atoms with Crippen LogP contribution in [0.3, 0.4) is 0 Å². The van der Waals surface area contributed by atoms with E-state index in [1.807, 2.05) is 17.9 Å². The molecule has 0 spiro atoms. The molecule has 2 N–H and O–H groups in total. The van der Waals surface area contributed by atoms with Crippen LogP contribution in [0.1, 0.15) is 50.4 Å². The molecule has 0 radical (unpaired) electrons. The first kappa shape index (κ1) is 15.7. The Bertz CT molecular complexity index is 510. The topological polar surface area (TPSA) is 55.6 Å². The number of rotatable bonds is 5. The largest absolute Gasteiger partial charge is 0.492 e. The highest BCUT2D eigenvalue weighted by atomic mass is 16.5. The van der Waals surface area contributed by atoms with E-state index in [0.717, 1.165) is 32.4 Å². The molecule has 0 aromatic heterocycles. The molecule has 21 heavy (non-hydrogen) atoms. The van der Waals surface area contributed by atoms with E-state index in [1.165, 1.54) is 0 Å². The highest BCUT2D eigenvalue weighted by molar-refractivity contribution is 5.95. The van der Waals surface area contributed by atoms with Crippen molar-refractivity contribution < 1.29 is 9.53 Å². The maximum atomic E-state index is 12.6. The van der Waals surface area contributed by atoms with E-state index in [-0.39, 0.29) is 5.91 Å². The number of amides is 1. The minimum atomic E-state index is 0.0773. The smallest absolute Gasteiger partial charge is 0.253 e. The van der Waals surface area contributed by atoms with Gasteiger partial charge in [-0.1, -0.05) is 13.8 Å². The van der Waals surface area contributed by atoms with E-state index in [1.54, 1.807) is 12.1 Å². The lowest BCUT2D eigenvalue weighted by molar-refractivity contribution is 0.0770. The molecule has 116 valence electrons. The van der Waals surface area contributed by atoms with E-state index in [2.05, 4.69) is 13.8 Å². The van der Waals surface area contributed by atoms with E-state index >= 15 is 0 Å². The summed E-state index contributed by atoms with van der Waals surface area (Å²) in [6, 6.07) is 5.32. The van der Waals surface area contributed by atoms with Crippen LogP contribution in [-0.4, -0.2) is 30.5 Å². The first-order chi connectivity index (χ1) is 10.0. The SMILES string of the molecule is CCOc1ccc(C(=O)N2CCC(CC)(CC)C2)cc1N. The fourth-order valence-electron chi connectivity index (χ4n) is 3.09. The van der Waals surface area contributed by atoms with Crippen LogP contribution in [0.5, 0.6) is 5.75 Å². The predicted molar refractivity (Wildman–Crippen MR) is 85.6 cm³/mol. The highest BCUT2D eigenvalue weighted by Crippen LogP contribution is 2.37. The summed E-state index contributed by atoms with van der Waals surface area (Å²) in [4.78, 5) is 14.6. The molecule has 4 heteroatoms. The number of anilines is 1. The van der Waals surface area contributed by atoms with Gasteiger partial charge in [0.15, 0.2) is 0 Å². The molecule has 1 aromatic carbocycles. The molecule has 1 saturated heterocycles. The predicted octanol–water partition coefficient (Wildman–Crippen LogP) is 3.32. The Labute approximate surface area is 127 Å². The molecule has 0 bridgehead atoms. The Balaban J connectivity index is 2.12. The second-order valence-corrected chi connectivity index (χ2v) is 5.87. The number of nitrogen functional groups attached to an aromatic ring is 1. The number of carbonyl (C=O) groups is 1. The van der Waals surface area contributed by atoms with Crippen molar-refractivity contribution in [3.8, 4) is 5.75 Å². The quantitative estimate of drug-likeness (QED) is 0.846. The van der Waals surface area contributed by atoms with Crippen molar-refractivity contribution in [2.24, 2.45) is 5.41 Å². The molecule has 2 rings (SSSR count). The fourth-order valence-corrected chi connectivity index (χ4v) is 3.09. The summed E-state index contributed by atoms with van der Waals surface area (Å²) in [6.07, 6.45) is 3.34. The first-order valence-corrected chi connectivity index (χ1v) is 7.87. The average molecular weight is 290 g/mol. The number of nitrogens with two attached hydrogens (primary N) is 1. The summed E-state index contributed by atoms with van der Waals surface area (Å²) in [5.41, 5.74) is 7.43. The van der Waals surface area contributed by atoms with Crippen molar-refractivity contribution >= 4 is 11.6 Å². The van der Waals surface area contributed by atoms with Crippen molar-refractivity contribution in [3.05, 3.63) is 23.8 Å². The Morgan fingerprint density at radius 2 is 2.05 bits per heavy atom. The Hall–Kier alpha value is -1.71. The molecule has 1 aromatic rings. The summed E-state index contributed by atoms with van der Waals surface area (Å²) in [6.45, 7) is 8.61. The van der Waals surface area contributed by atoms with Crippen LogP contribution >= 0.6 is 0 Å². The Kier molecular flexibility index (Phi) is 4.76. The third-order valence-corrected chi connectivity index (χ3v) is 4.78. The number of ether oxygens (including phenoxy) is 1. The zero-order valence-corrected chi connectivity index (χ0v) is 13.3. The maximum absolute atomic E-state index is 12.6. The summed E-state index contributed by atoms with van der Waals surface area (Å²) < 4.78 is 5.41. The lowest BCUT2D eigenvalue weighted by atomic mass is 9.82. The minimum absolute atomic E-state index is 0.0773. The van der Waals surface area contributed by atoms with Crippen molar-refractivity contribution in [1.82, 2.24) is 4.90 Å². The second kappa shape index (κ2) is 6.37. The van der Waals surface area contributed by atoms with Gasteiger partial charge in [-0.3, -0.25) is 4.79 Å². The summed E-state index contributed by atoms with van der Waals surface area (Å²) in [7, 11) is 0. The fraction of sp³-hybridized carbons (Fsp3) is 0.588. The van der Waals surface area contributed by atoms with Crippen LogP contribution in [0.15, 0.2) is 18.2 Å². The number of benzene rings is 1. The minimum Gasteiger partial charge on any atom is -0.492 e. The zero-order valence-electron chi connectivity index (χ0n) is 13.3. The van der Waals surface area contributed by atoms with Crippen LogP contribution in [0.25, 0.3) is 0 Å². The van der Waals surface area contributed by atoms with Crippen LogP contribution in [0.2, 0.25) is 0 Å². The highest BCUT2D eigenvalue weighted by Gasteiger charge is 2.37. The molecule has 1 fully saturated rings. The van der Waals surface area contributed by atoms with Gasteiger partial charge in [-0.15, -0.1) is 0 Å². The van der Waals surface area contributed by atoms with Crippen LogP contribution in [0.4, 0.5) is 5.69 Å². The molecule has 0 aliphatic carbocycles. The number of hydrogen-bond donors (Lipinski definition) is 1. The van der Waals surface area contributed by atoms with Gasteiger partial charge in [0, 0.05) is 18.7 Å². The van der Waals surface area contributed by atoms with Gasteiger partial charge in [0.1, 0.15) is 5.75 Å². The normalized spacial score (nSPS) is 17.0. The van der Waals surface area contributed by atoms with Crippen molar-refractivity contribution in [2.75, 3.05) is 25.4 Å². The summed E-state index contributed by atoms with van der Waals surface area (Å²) in [5.74, 6) is 0.723. The molecular weight excluding hydrogens is 264 g/mol. The number of carbonyl (C=O) groups excluding carboxylic acids is 1. The summed E-state index contributed by atoms with van der Waals surface area (Å²) in [5, 5.41) is 0. The van der Waals surface area contributed by atoms with Gasteiger partial charge >= 0.3 is 0 Å². The second-order valence-electron chi connectivity index (χ2n) is 5.87. The summed E-state index contributed by atoms with van der Waals surface area (Å²) >= 11 is 0. The molecule has 4 nitrogen and oxygen atoms in total. The number of likely N-dealkylation sites (tertiary alicyclic amines) is 1. The van der Waals surface area contributed by atoms with E-state index in [9.17, 15) is 4.79 Å². The molecular formula is C17H26N2O2. The van der Waals surface area contributed by atoms with Gasteiger partial charge < -0.3 is 15.4 Å². The zero-order chi connectivity index (χ0) is 15.5. The molecule has 0 atom stereocenters. The van der Waals surface area contributed by atoms with Gasteiger partial charge in [-0.2, -0.15) is 0 Å². The Morgan fingerprint density at radius 3 is 2.57 bits per heavy atom. The van der Waals surface area contributed by atoms with Gasteiger partial charge in [-0.25, -0.2) is 0 Å². The molecule has 1 aliphatic heterocycles. The third kappa shape index (κ3) is 3.14. The maximum Gasteiger partial charge on any atom is 0.253 e. The van der Waals surface area contributed by atoms with Crippen LogP contribution < -0.4 is 10.5 Å². The van der Waals surface area contributed by atoms with Gasteiger partial charge in [0.25, 0.3) is 5.91 Å². The molecule has 1 aliphatic rings. The lowest BCUT2D eigenvalue weighted by Crippen LogP contribution is -2.31. The van der Waals surface area contributed by atoms with E-state index in [4.69, 9.17) is 10.5 Å². The molecule has 1 amide bonds. The third-order valence-electron chi connectivity index (χ3n) is 4.78. The monoisotopic (exact) mass is 290 g/mol. The van der Waals surface area contributed by atoms with Gasteiger partial charge in [0.2, 0.25) is 0 Å². The van der Waals surface area contributed by atoms with E-state index < -0.39 is 0 Å². The van der Waals surface area contributed by atoms with Gasteiger partial charge in [-0.05, 0) is 49.8 Å².